The monoisotopic (exact) mass is 221 g/mol. The molecule has 0 saturated heterocycles. The summed E-state index contributed by atoms with van der Waals surface area (Å²) >= 11 is 0. The smallest absolute Gasteiger partial charge is 0.123 e. The van der Waals surface area contributed by atoms with Gasteiger partial charge < -0.3 is 9.64 Å². The number of para-hydroxylation sites is 1. The second-order valence-corrected chi connectivity index (χ2v) is 4.36. The molecule has 0 N–H and O–H groups in total. The molecule has 0 aliphatic heterocycles. The molecule has 16 heavy (non-hydrogen) atoms. The molecule has 1 aromatic carbocycles. The summed E-state index contributed by atoms with van der Waals surface area (Å²) < 4.78 is 5.43. The number of unbranched alkanes of at least 4 members (excludes halogenated alkanes) is 1. The molecule has 2 nitrogen and oxygen atoms in total. The molecule has 0 radical (unpaired) electrons. The molecule has 1 atom stereocenters. The summed E-state index contributed by atoms with van der Waals surface area (Å²) in [6, 6.07) is 8.77. The van der Waals surface area contributed by atoms with E-state index in [2.05, 4.69) is 38.1 Å². The summed E-state index contributed by atoms with van der Waals surface area (Å²) in [7, 11) is 6.00. The molecule has 0 heterocycles. The Morgan fingerprint density at radius 2 is 1.94 bits per heavy atom. The molecule has 0 aliphatic rings. The van der Waals surface area contributed by atoms with Gasteiger partial charge in [-0.1, -0.05) is 38.0 Å². The van der Waals surface area contributed by atoms with Crippen molar-refractivity contribution in [2.75, 3.05) is 21.2 Å². The Morgan fingerprint density at radius 1 is 1.25 bits per heavy atom. The number of methoxy groups -OCH3 is 1. The van der Waals surface area contributed by atoms with E-state index in [0.29, 0.717) is 6.04 Å². The number of ether oxygens (including phenoxy) is 1. The maximum absolute atomic E-state index is 5.43. The van der Waals surface area contributed by atoms with Crippen LogP contribution in [0.1, 0.15) is 37.8 Å². The van der Waals surface area contributed by atoms with Gasteiger partial charge in [0.15, 0.2) is 0 Å². The maximum Gasteiger partial charge on any atom is 0.123 e. The Labute approximate surface area is 99.2 Å². The van der Waals surface area contributed by atoms with E-state index in [1.807, 2.05) is 12.1 Å². The lowest BCUT2D eigenvalue weighted by atomic mass is 9.99. The highest BCUT2D eigenvalue weighted by atomic mass is 16.5. The summed E-state index contributed by atoms with van der Waals surface area (Å²) in [4.78, 5) is 2.27. The van der Waals surface area contributed by atoms with Gasteiger partial charge in [-0.2, -0.15) is 0 Å². The molecular formula is C14H23NO. The molecule has 1 aromatic rings. The topological polar surface area (TPSA) is 12.5 Å². The van der Waals surface area contributed by atoms with Gasteiger partial charge in [0.1, 0.15) is 5.75 Å². The number of hydrogen-bond acceptors (Lipinski definition) is 2. The highest BCUT2D eigenvalue weighted by Gasteiger charge is 2.16. The van der Waals surface area contributed by atoms with Crippen molar-refractivity contribution in [3.8, 4) is 5.75 Å². The van der Waals surface area contributed by atoms with Gasteiger partial charge in [-0.3, -0.25) is 0 Å². The largest absolute Gasteiger partial charge is 0.496 e. The number of rotatable bonds is 6. The van der Waals surface area contributed by atoms with Crippen LogP contribution >= 0.6 is 0 Å². The normalized spacial score (nSPS) is 12.8. The summed E-state index contributed by atoms with van der Waals surface area (Å²) in [6.07, 6.45) is 3.67. The van der Waals surface area contributed by atoms with Crippen LogP contribution in [0.2, 0.25) is 0 Å². The van der Waals surface area contributed by atoms with E-state index < -0.39 is 0 Å². The van der Waals surface area contributed by atoms with Crippen LogP contribution in [0.5, 0.6) is 5.75 Å². The summed E-state index contributed by atoms with van der Waals surface area (Å²) in [5, 5.41) is 0. The molecule has 0 saturated carbocycles. The van der Waals surface area contributed by atoms with Crippen molar-refractivity contribution in [3.63, 3.8) is 0 Å². The Balaban J connectivity index is 2.91. The van der Waals surface area contributed by atoms with Crippen LogP contribution in [0.3, 0.4) is 0 Å². The van der Waals surface area contributed by atoms with Crippen LogP contribution in [0, 0.1) is 0 Å². The molecule has 2 heteroatoms. The second kappa shape index (κ2) is 6.54. The molecule has 90 valence electrons. The molecule has 0 bridgehead atoms. The highest BCUT2D eigenvalue weighted by molar-refractivity contribution is 5.35. The zero-order valence-corrected chi connectivity index (χ0v) is 10.9. The fourth-order valence-electron chi connectivity index (χ4n) is 2.03. The maximum atomic E-state index is 5.43. The molecule has 0 aromatic heterocycles. The summed E-state index contributed by atoms with van der Waals surface area (Å²) in [6.45, 7) is 2.23. The van der Waals surface area contributed by atoms with E-state index >= 15 is 0 Å². The third kappa shape index (κ3) is 3.24. The number of hydrogen-bond donors (Lipinski definition) is 0. The fourth-order valence-corrected chi connectivity index (χ4v) is 2.03. The van der Waals surface area contributed by atoms with Crippen molar-refractivity contribution in [3.05, 3.63) is 29.8 Å². The second-order valence-electron chi connectivity index (χ2n) is 4.36. The zero-order valence-electron chi connectivity index (χ0n) is 10.9. The molecular weight excluding hydrogens is 198 g/mol. The number of nitrogens with zero attached hydrogens (tertiary/aromatic N) is 1. The van der Waals surface area contributed by atoms with E-state index in [1.165, 1.54) is 24.8 Å². The Kier molecular flexibility index (Phi) is 5.33. The van der Waals surface area contributed by atoms with Crippen LogP contribution in [0.4, 0.5) is 0 Å². The minimum Gasteiger partial charge on any atom is -0.496 e. The minimum absolute atomic E-state index is 0.455. The standard InChI is InChI=1S/C14H23NO/c1-5-6-10-13(15(2)3)12-9-7-8-11-14(12)16-4/h7-9,11,13H,5-6,10H2,1-4H3. The minimum atomic E-state index is 0.455. The first-order valence-corrected chi connectivity index (χ1v) is 6.00. The van der Waals surface area contributed by atoms with Gasteiger partial charge in [-0.15, -0.1) is 0 Å². The summed E-state index contributed by atoms with van der Waals surface area (Å²) in [5.74, 6) is 0.998. The van der Waals surface area contributed by atoms with Gasteiger partial charge in [0, 0.05) is 11.6 Å². The molecule has 0 spiro atoms. The predicted molar refractivity (Wildman–Crippen MR) is 68.9 cm³/mol. The number of benzene rings is 1. The van der Waals surface area contributed by atoms with Gasteiger partial charge >= 0.3 is 0 Å². The van der Waals surface area contributed by atoms with E-state index in [-0.39, 0.29) is 0 Å². The molecule has 1 unspecified atom stereocenters. The lowest BCUT2D eigenvalue weighted by Gasteiger charge is -2.26. The van der Waals surface area contributed by atoms with Gasteiger partial charge in [0.2, 0.25) is 0 Å². The molecule has 1 rings (SSSR count). The van der Waals surface area contributed by atoms with E-state index in [4.69, 9.17) is 4.74 Å². The van der Waals surface area contributed by atoms with Gasteiger partial charge in [-0.05, 0) is 26.6 Å². The van der Waals surface area contributed by atoms with Crippen molar-refractivity contribution < 1.29 is 4.74 Å². The van der Waals surface area contributed by atoms with Crippen molar-refractivity contribution in [1.29, 1.82) is 0 Å². The molecule has 0 amide bonds. The molecule has 0 aliphatic carbocycles. The van der Waals surface area contributed by atoms with Crippen LogP contribution in [-0.4, -0.2) is 26.1 Å². The van der Waals surface area contributed by atoms with Gasteiger partial charge in [0.05, 0.1) is 7.11 Å². The average Bonchev–Trinajstić information content (AvgIpc) is 2.29. The highest BCUT2D eigenvalue weighted by Crippen LogP contribution is 2.31. The Morgan fingerprint density at radius 3 is 2.50 bits per heavy atom. The van der Waals surface area contributed by atoms with Crippen LogP contribution in [-0.2, 0) is 0 Å². The first kappa shape index (κ1) is 13.0. The van der Waals surface area contributed by atoms with Crippen LogP contribution in [0.25, 0.3) is 0 Å². The lowest BCUT2D eigenvalue weighted by Crippen LogP contribution is -2.20. The van der Waals surface area contributed by atoms with Gasteiger partial charge in [-0.25, -0.2) is 0 Å². The van der Waals surface area contributed by atoms with E-state index in [9.17, 15) is 0 Å². The van der Waals surface area contributed by atoms with Crippen molar-refractivity contribution in [1.82, 2.24) is 4.90 Å². The average molecular weight is 221 g/mol. The lowest BCUT2D eigenvalue weighted by molar-refractivity contribution is 0.270. The first-order chi connectivity index (χ1) is 7.70. The SMILES string of the molecule is CCCCC(c1ccccc1OC)N(C)C. The zero-order chi connectivity index (χ0) is 12.0. The van der Waals surface area contributed by atoms with Crippen molar-refractivity contribution in [2.24, 2.45) is 0 Å². The van der Waals surface area contributed by atoms with E-state index in [1.54, 1.807) is 7.11 Å². The Bertz CT molecular complexity index is 309. The molecule has 0 fully saturated rings. The third-order valence-corrected chi connectivity index (χ3v) is 2.95. The Hall–Kier alpha value is -1.02. The first-order valence-electron chi connectivity index (χ1n) is 6.00. The van der Waals surface area contributed by atoms with E-state index in [0.717, 1.165) is 5.75 Å². The summed E-state index contributed by atoms with van der Waals surface area (Å²) in [5.41, 5.74) is 1.29. The fraction of sp³-hybridized carbons (Fsp3) is 0.571. The van der Waals surface area contributed by atoms with Crippen LogP contribution in [0.15, 0.2) is 24.3 Å². The quantitative estimate of drug-likeness (QED) is 0.729. The van der Waals surface area contributed by atoms with Crippen molar-refractivity contribution in [2.45, 2.75) is 32.2 Å². The predicted octanol–water partition coefficient (Wildman–Crippen LogP) is 3.49. The third-order valence-electron chi connectivity index (χ3n) is 2.95. The van der Waals surface area contributed by atoms with Crippen molar-refractivity contribution >= 4 is 0 Å². The van der Waals surface area contributed by atoms with Crippen LogP contribution < -0.4 is 4.74 Å². The van der Waals surface area contributed by atoms with Gasteiger partial charge in [0.25, 0.3) is 0 Å².